The highest BCUT2D eigenvalue weighted by Gasteiger charge is 2.41. The molecule has 0 bridgehead atoms. The van der Waals surface area contributed by atoms with Gasteiger partial charge in [0.1, 0.15) is 0 Å². The van der Waals surface area contributed by atoms with E-state index in [2.05, 4.69) is 4.90 Å². The molecule has 6 nitrogen and oxygen atoms in total. The van der Waals surface area contributed by atoms with E-state index in [0.717, 1.165) is 25.1 Å². The topological polar surface area (TPSA) is 81.9 Å². The molecule has 0 unspecified atom stereocenters. The van der Waals surface area contributed by atoms with Gasteiger partial charge in [-0.05, 0) is 24.6 Å². The van der Waals surface area contributed by atoms with E-state index in [1.807, 2.05) is 0 Å². The zero-order valence-electron chi connectivity index (χ0n) is 12.0. The average Bonchev–Trinajstić information content (AvgIpc) is 2.85. The van der Waals surface area contributed by atoms with Crippen LogP contribution in [-0.2, 0) is 19.3 Å². The van der Waals surface area contributed by atoms with Crippen molar-refractivity contribution in [1.82, 2.24) is 0 Å². The second-order valence-electron chi connectivity index (χ2n) is 5.63. The summed E-state index contributed by atoms with van der Waals surface area (Å²) < 4.78 is 34.6. The Bertz CT molecular complexity index is 638. The molecular formula is C14H20N2O4S. The number of hydrogen-bond acceptors (Lipinski definition) is 6. The monoisotopic (exact) mass is 312 g/mol. The summed E-state index contributed by atoms with van der Waals surface area (Å²) in [6, 6.07) is 4.88. The van der Waals surface area contributed by atoms with Crippen molar-refractivity contribution in [3.8, 4) is 0 Å². The van der Waals surface area contributed by atoms with Gasteiger partial charge in [0.2, 0.25) is 0 Å². The standard InChI is InChI=1S/C14H20N2O4S/c1-21(17,18)11-3-4-13(12(15)9-11)16-6-2-5-14(10-16)19-7-8-20-14/h3-4,9H,2,5-8,10,15H2,1H3. The number of nitrogens with zero attached hydrogens (tertiary/aromatic N) is 1. The Hall–Kier alpha value is -1.31. The van der Waals surface area contributed by atoms with E-state index in [0.29, 0.717) is 25.4 Å². The van der Waals surface area contributed by atoms with Gasteiger partial charge >= 0.3 is 0 Å². The Kier molecular flexibility index (Phi) is 3.59. The number of anilines is 2. The van der Waals surface area contributed by atoms with Gasteiger partial charge in [-0.25, -0.2) is 8.42 Å². The number of rotatable bonds is 2. The lowest BCUT2D eigenvalue weighted by molar-refractivity contribution is -0.161. The lowest BCUT2D eigenvalue weighted by Crippen LogP contribution is -2.49. The summed E-state index contributed by atoms with van der Waals surface area (Å²) in [6.07, 6.45) is 3.01. The molecule has 0 saturated carbocycles. The summed E-state index contributed by atoms with van der Waals surface area (Å²) in [6.45, 7) is 2.72. The molecule has 2 heterocycles. The highest BCUT2D eigenvalue weighted by molar-refractivity contribution is 7.90. The van der Waals surface area contributed by atoms with Gasteiger partial charge in [-0.1, -0.05) is 0 Å². The molecule has 1 aromatic rings. The number of nitrogen functional groups attached to an aromatic ring is 1. The van der Waals surface area contributed by atoms with Crippen LogP contribution in [0.2, 0.25) is 0 Å². The van der Waals surface area contributed by atoms with E-state index in [1.54, 1.807) is 12.1 Å². The molecule has 2 aliphatic rings. The van der Waals surface area contributed by atoms with Crippen LogP contribution in [0.3, 0.4) is 0 Å². The fraction of sp³-hybridized carbons (Fsp3) is 0.571. The van der Waals surface area contributed by atoms with Crippen LogP contribution in [0.1, 0.15) is 12.8 Å². The van der Waals surface area contributed by atoms with Crippen LogP contribution in [0.15, 0.2) is 23.1 Å². The van der Waals surface area contributed by atoms with Crippen molar-refractivity contribution in [2.24, 2.45) is 0 Å². The van der Waals surface area contributed by atoms with Crippen LogP contribution in [0.4, 0.5) is 11.4 Å². The van der Waals surface area contributed by atoms with Gasteiger partial charge in [-0.15, -0.1) is 0 Å². The third kappa shape index (κ3) is 2.86. The molecule has 3 rings (SSSR count). The van der Waals surface area contributed by atoms with E-state index in [9.17, 15) is 8.42 Å². The molecule has 2 aliphatic heterocycles. The Morgan fingerprint density at radius 3 is 2.62 bits per heavy atom. The molecule has 2 saturated heterocycles. The van der Waals surface area contributed by atoms with Crippen molar-refractivity contribution in [2.45, 2.75) is 23.5 Å². The van der Waals surface area contributed by atoms with Crippen LogP contribution in [0.5, 0.6) is 0 Å². The number of hydrogen-bond donors (Lipinski definition) is 1. The van der Waals surface area contributed by atoms with E-state index in [1.165, 1.54) is 12.3 Å². The van der Waals surface area contributed by atoms with Crippen LogP contribution in [-0.4, -0.2) is 46.8 Å². The first-order chi connectivity index (χ1) is 9.90. The summed E-state index contributed by atoms with van der Waals surface area (Å²) in [4.78, 5) is 2.35. The summed E-state index contributed by atoms with van der Waals surface area (Å²) in [5.74, 6) is -0.528. The second-order valence-corrected chi connectivity index (χ2v) is 7.64. The minimum absolute atomic E-state index is 0.240. The molecule has 1 aromatic carbocycles. The number of piperidine rings is 1. The fourth-order valence-electron chi connectivity index (χ4n) is 2.98. The Morgan fingerprint density at radius 1 is 1.29 bits per heavy atom. The molecule has 0 aromatic heterocycles. The van der Waals surface area contributed by atoms with Gasteiger partial charge in [0.05, 0.1) is 36.0 Å². The Labute approximate surface area is 124 Å². The van der Waals surface area contributed by atoms with Gasteiger partial charge in [0.15, 0.2) is 15.6 Å². The van der Waals surface area contributed by atoms with Crippen molar-refractivity contribution in [2.75, 3.05) is 43.2 Å². The quantitative estimate of drug-likeness (QED) is 0.821. The van der Waals surface area contributed by atoms with E-state index < -0.39 is 15.6 Å². The lowest BCUT2D eigenvalue weighted by Gasteiger charge is -2.40. The first kappa shape index (κ1) is 14.6. The number of benzene rings is 1. The van der Waals surface area contributed by atoms with Gasteiger partial charge in [-0.2, -0.15) is 0 Å². The van der Waals surface area contributed by atoms with Crippen LogP contribution >= 0.6 is 0 Å². The van der Waals surface area contributed by atoms with Crippen molar-refractivity contribution in [3.63, 3.8) is 0 Å². The summed E-state index contributed by atoms with van der Waals surface area (Å²) in [5, 5.41) is 0. The zero-order valence-corrected chi connectivity index (χ0v) is 12.9. The predicted octanol–water partition coefficient (Wildman–Crippen LogP) is 1.02. The number of sulfone groups is 1. The number of ether oxygens (including phenoxy) is 2. The maximum atomic E-state index is 11.6. The molecule has 0 aliphatic carbocycles. The Morgan fingerprint density at radius 2 is 2.00 bits per heavy atom. The lowest BCUT2D eigenvalue weighted by atomic mass is 10.0. The highest BCUT2D eigenvalue weighted by Crippen LogP contribution is 2.35. The molecule has 2 fully saturated rings. The van der Waals surface area contributed by atoms with Crippen LogP contribution < -0.4 is 10.6 Å². The summed E-state index contributed by atoms with van der Waals surface area (Å²) >= 11 is 0. The SMILES string of the molecule is CS(=O)(=O)c1ccc(N2CCCC3(C2)OCCO3)c(N)c1. The van der Waals surface area contributed by atoms with E-state index in [-0.39, 0.29) is 4.90 Å². The zero-order chi connectivity index (χ0) is 15.1. The maximum Gasteiger partial charge on any atom is 0.186 e. The average molecular weight is 312 g/mol. The molecule has 116 valence electrons. The molecule has 0 atom stereocenters. The summed E-state index contributed by atoms with van der Waals surface area (Å²) in [7, 11) is -3.24. The van der Waals surface area contributed by atoms with Crippen molar-refractivity contribution >= 4 is 21.2 Å². The van der Waals surface area contributed by atoms with E-state index >= 15 is 0 Å². The van der Waals surface area contributed by atoms with Crippen molar-refractivity contribution < 1.29 is 17.9 Å². The first-order valence-electron chi connectivity index (χ1n) is 7.02. The van der Waals surface area contributed by atoms with Gasteiger partial charge in [0, 0.05) is 19.2 Å². The summed E-state index contributed by atoms with van der Waals surface area (Å²) in [5.41, 5.74) is 7.35. The van der Waals surface area contributed by atoms with Gasteiger partial charge in [-0.3, -0.25) is 0 Å². The third-order valence-electron chi connectivity index (χ3n) is 4.00. The minimum atomic E-state index is -3.24. The van der Waals surface area contributed by atoms with Crippen LogP contribution in [0.25, 0.3) is 0 Å². The molecule has 0 amide bonds. The van der Waals surface area contributed by atoms with Gasteiger partial charge < -0.3 is 20.1 Å². The minimum Gasteiger partial charge on any atom is -0.397 e. The largest absolute Gasteiger partial charge is 0.397 e. The normalized spacial score (nSPS) is 21.9. The Balaban J connectivity index is 1.86. The van der Waals surface area contributed by atoms with Crippen molar-refractivity contribution in [3.05, 3.63) is 18.2 Å². The van der Waals surface area contributed by atoms with E-state index in [4.69, 9.17) is 15.2 Å². The first-order valence-corrected chi connectivity index (χ1v) is 8.91. The fourth-order valence-corrected chi connectivity index (χ4v) is 3.63. The molecular weight excluding hydrogens is 292 g/mol. The van der Waals surface area contributed by atoms with Gasteiger partial charge in [0.25, 0.3) is 0 Å². The molecule has 7 heteroatoms. The predicted molar refractivity (Wildman–Crippen MR) is 80.0 cm³/mol. The molecule has 2 N–H and O–H groups in total. The maximum absolute atomic E-state index is 11.6. The smallest absolute Gasteiger partial charge is 0.186 e. The third-order valence-corrected chi connectivity index (χ3v) is 5.11. The molecule has 0 radical (unpaired) electrons. The highest BCUT2D eigenvalue weighted by atomic mass is 32.2. The molecule has 1 spiro atoms. The second kappa shape index (κ2) is 5.15. The van der Waals surface area contributed by atoms with Crippen LogP contribution in [0, 0.1) is 0 Å². The van der Waals surface area contributed by atoms with Crippen molar-refractivity contribution in [1.29, 1.82) is 0 Å². The molecule has 21 heavy (non-hydrogen) atoms. The number of nitrogens with two attached hydrogens (primary N) is 1.